The summed E-state index contributed by atoms with van der Waals surface area (Å²) in [6.07, 6.45) is 3.83. The van der Waals surface area contributed by atoms with Crippen LogP contribution in [0, 0.1) is 0 Å². The van der Waals surface area contributed by atoms with Crippen molar-refractivity contribution in [2.24, 2.45) is 0 Å². The number of piperidine rings is 1. The standard InChI is InChI=1S/C18H26N2O3/c21-17(20-10-5-2-6-11-20)13-18(14-19-9-12-23-18)15-22-16-7-3-1-4-8-16/h1,3-4,7-8,19H,2,5-6,9-15H2/t18-/m1/s1. The number of nitrogens with one attached hydrogen (secondary N) is 1. The van der Waals surface area contributed by atoms with Gasteiger partial charge in [-0.3, -0.25) is 4.79 Å². The quantitative estimate of drug-likeness (QED) is 0.900. The van der Waals surface area contributed by atoms with Gasteiger partial charge in [0.05, 0.1) is 13.0 Å². The molecule has 23 heavy (non-hydrogen) atoms. The number of carbonyl (C=O) groups excluding carboxylic acids is 1. The van der Waals surface area contributed by atoms with Crippen molar-refractivity contribution in [2.75, 3.05) is 39.4 Å². The zero-order chi connectivity index (χ0) is 16.0. The summed E-state index contributed by atoms with van der Waals surface area (Å²) in [6, 6.07) is 9.70. The van der Waals surface area contributed by atoms with Gasteiger partial charge in [-0.2, -0.15) is 0 Å². The number of rotatable bonds is 5. The van der Waals surface area contributed by atoms with Crippen LogP contribution in [0.1, 0.15) is 25.7 Å². The van der Waals surface area contributed by atoms with E-state index in [0.717, 1.165) is 38.2 Å². The number of hydrogen-bond acceptors (Lipinski definition) is 4. The number of morpholine rings is 1. The zero-order valence-corrected chi connectivity index (χ0v) is 13.6. The van der Waals surface area contributed by atoms with Gasteiger partial charge in [-0.1, -0.05) is 18.2 Å². The highest BCUT2D eigenvalue weighted by atomic mass is 16.5. The number of benzene rings is 1. The second-order valence-electron chi connectivity index (χ2n) is 6.43. The summed E-state index contributed by atoms with van der Waals surface area (Å²) >= 11 is 0. The van der Waals surface area contributed by atoms with E-state index in [0.29, 0.717) is 26.2 Å². The SMILES string of the molecule is O=C(C[C@]1(COc2ccccc2)CNCCO1)N1CCCCC1. The number of amides is 1. The Morgan fingerprint density at radius 3 is 2.70 bits per heavy atom. The van der Waals surface area contributed by atoms with Crippen molar-refractivity contribution < 1.29 is 14.3 Å². The first-order valence-electron chi connectivity index (χ1n) is 8.58. The summed E-state index contributed by atoms with van der Waals surface area (Å²) in [6.45, 7) is 4.24. The van der Waals surface area contributed by atoms with Gasteiger partial charge in [0.2, 0.25) is 5.91 Å². The average molecular weight is 318 g/mol. The van der Waals surface area contributed by atoms with Crippen molar-refractivity contribution in [2.45, 2.75) is 31.3 Å². The third kappa shape index (κ3) is 4.45. The maximum absolute atomic E-state index is 12.6. The molecule has 0 unspecified atom stereocenters. The lowest BCUT2D eigenvalue weighted by atomic mass is 9.97. The van der Waals surface area contributed by atoms with E-state index in [4.69, 9.17) is 9.47 Å². The van der Waals surface area contributed by atoms with Gasteiger partial charge in [0, 0.05) is 26.2 Å². The number of hydrogen-bond donors (Lipinski definition) is 1. The first-order valence-corrected chi connectivity index (χ1v) is 8.58. The van der Waals surface area contributed by atoms with Crippen molar-refractivity contribution in [1.29, 1.82) is 0 Å². The third-order valence-corrected chi connectivity index (χ3v) is 4.56. The van der Waals surface area contributed by atoms with E-state index >= 15 is 0 Å². The van der Waals surface area contributed by atoms with Gasteiger partial charge in [-0.15, -0.1) is 0 Å². The van der Waals surface area contributed by atoms with Crippen LogP contribution in [0.15, 0.2) is 30.3 Å². The molecule has 126 valence electrons. The van der Waals surface area contributed by atoms with Crippen LogP contribution >= 0.6 is 0 Å². The molecule has 2 fully saturated rings. The van der Waals surface area contributed by atoms with Crippen LogP contribution in [0.5, 0.6) is 5.75 Å². The lowest BCUT2D eigenvalue weighted by molar-refractivity contribution is -0.146. The highest BCUT2D eigenvalue weighted by Crippen LogP contribution is 2.23. The molecule has 0 spiro atoms. The Labute approximate surface area is 137 Å². The monoisotopic (exact) mass is 318 g/mol. The molecule has 5 nitrogen and oxygen atoms in total. The maximum Gasteiger partial charge on any atom is 0.225 e. The van der Waals surface area contributed by atoms with Crippen molar-refractivity contribution in [1.82, 2.24) is 10.2 Å². The molecule has 1 atom stereocenters. The number of likely N-dealkylation sites (tertiary alicyclic amines) is 1. The molecule has 3 rings (SSSR count). The van der Waals surface area contributed by atoms with Crippen LogP contribution in [-0.2, 0) is 9.53 Å². The topological polar surface area (TPSA) is 50.8 Å². The van der Waals surface area contributed by atoms with Gasteiger partial charge >= 0.3 is 0 Å². The van der Waals surface area contributed by atoms with Gasteiger partial charge in [-0.05, 0) is 31.4 Å². The fourth-order valence-electron chi connectivity index (χ4n) is 3.23. The fourth-order valence-corrected chi connectivity index (χ4v) is 3.23. The van der Waals surface area contributed by atoms with Crippen molar-refractivity contribution >= 4 is 5.91 Å². The summed E-state index contributed by atoms with van der Waals surface area (Å²) in [5, 5.41) is 3.34. The predicted molar refractivity (Wildman–Crippen MR) is 88.5 cm³/mol. The molecule has 1 amide bonds. The van der Waals surface area contributed by atoms with E-state index in [1.54, 1.807) is 0 Å². The Hall–Kier alpha value is -1.59. The molecule has 0 aromatic heterocycles. The van der Waals surface area contributed by atoms with Gasteiger partial charge < -0.3 is 19.7 Å². The molecule has 1 N–H and O–H groups in total. The summed E-state index contributed by atoms with van der Waals surface area (Å²) < 4.78 is 11.9. The van der Waals surface area contributed by atoms with E-state index in [1.165, 1.54) is 6.42 Å². The molecule has 2 aliphatic rings. The van der Waals surface area contributed by atoms with Crippen molar-refractivity contribution in [3.63, 3.8) is 0 Å². The van der Waals surface area contributed by atoms with E-state index in [1.807, 2.05) is 35.2 Å². The molecule has 0 bridgehead atoms. The van der Waals surface area contributed by atoms with E-state index in [-0.39, 0.29) is 5.91 Å². The summed E-state index contributed by atoms with van der Waals surface area (Å²) in [5.41, 5.74) is -0.567. The lowest BCUT2D eigenvalue weighted by Crippen LogP contribution is -2.56. The minimum atomic E-state index is -0.567. The first kappa shape index (κ1) is 16.3. The lowest BCUT2D eigenvalue weighted by Gasteiger charge is -2.38. The Morgan fingerprint density at radius 2 is 2.00 bits per heavy atom. The van der Waals surface area contributed by atoms with Crippen molar-refractivity contribution in [3.8, 4) is 5.75 Å². The van der Waals surface area contributed by atoms with Gasteiger partial charge in [-0.25, -0.2) is 0 Å². The fraction of sp³-hybridized carbons (Fsp3) is 0.611. The van der Waals surface area contributed by atoms with Crippen LogP contribution in [0.25, 0.3) is 0 Å². The summed E-state index contributed by atoms with van der Waals surface area (Å²) in [7, 11) is 0. The van der Waals surface area contributed by atoms with Crippen LogP contribution in [0.3, 0.4) is 0 Å². The average Bonchev–Trinajstić information content (AvgIpc) is 2.62. The van der Waals surface area contributed by atoms with Crippen molar-refractivity contribution in [3.05, 3.63) is 30.3 Å². The summed E-state index contributed by atoms with van der Waals surface area (Å²) in [5.74, 6) is 0.997. The third-order valence-electron chi connectivity index (χ3n) is 4.56. The molecule has 0 saturated carbocycles. The van der Waals surface area contributed by atoms with Gasteiger partial charge in [0.1, 0.15) is 18.0 Å². The molecule has 0 radical (unpaired) electrons. The molecular weight excluding hydrogens is 292 g/mol. The molecule has 2 heterocycles. The Bertz CT molecular complexity index is 494. The molecule has 2 aliphatic heterocycles. The van der Waals surface area contributed by atoms with Crippen LogP contribution in [-0.4, -0.2) is 55.8 Å². The Morgan fingerprint density at radius 1 is 1.22 bits per heavy atom. The molecule has 0 aliphatic carbocycles. The number of para-hydroxylation sites is 1. The van der Waals surface area contributed by atoms with E-state index < -0.39 is 5.60 Å². The second-order valence-corrected chi connectivity index (χ2v) is 6.43. The normalized spacial score (nSPS) is 25.1. The smallest absolute Gasteiger partial charge is 0.225 e. The van der Waals surface area contributed by atoms with Crippen LogP contribution < -0.4 is 10.1 Å². The number of carbonyl (C=O) groups is 1. The second kappa shape index (κ2) is 7.79. The highest BCUT2D eigenvalue weighted by molar-refractivity contribution is 5.77. The van der Waals surface area contributed by atoms with Gasteiger partial charge in [0.25, 0.3) is 0 Å². The minimum absolute atomic E-state index is 0.185. The molecule has 2 saturated heterocycles. The molecular formula is C18H26N2O3. The zero-order valence-electron chi connectivity index (χ0n) is 13.6. The Balaban J connectivity index is 1.62. The first-order chi connectivity index (χ1) is 11.3. The van der Waals surface area contributed by atoms with Crippen LogP contribution in [0.2, 0.25) is 0 Å². The molecule has 5 heteroatoms. The van der Waals surface area contributed by atoms with E-state index in [2.05, 4.69) is 5.32 Å². The number of ether oxygens (including phenoxy) is 2. The highest BCUT2D eigenvalue weighted by Gasteiger charge is 2.38. The molecule has 1 aromatic rings. The Kier molecular flexibility index (Phi) is 5.51. The molecule has 1 aromatic carbocycles. The summed E-state index contributed by atoms with van der Waals surface area (Å²) in [4.78, 5) is 14.6. The number of nitrogens with zero attached hydrogens (tertiary/aromatic N) is 1. The predicted octanol–water partition coefficient (Wildman–Crippen LogP) is 1.83. The minimum Gasteiger partial charge on any atom is -0.491 e. The van der Waals surface area contributed by atoms with Crippen LogP contribution in [0.4, 0.5) is 0 Å². The van der Waals surface area contributed by atoms with Gasteiger partial charge in [0.15, 0.2) is 0 Å². The van der Waals surface area contributed by atoms with E-state index in [9.17, 15) is 4.79 Å². The largest absolute Gasteiger partial charge is 0.491 e. The maximum atomic E-state index is 12.6.